The molecule has 1 atom stereocenters. The predicted molar refractivity (Wildman–Crippen MR) is 94.1 cm³/mol. The molecule has 5 heteroatoms. The molecule has 0 radical (unpaired) electrons. The third-order valence-electron chi connectivity index (χ3n) is 4.04. The summed E-state index contributed by atoms with van der Waals surface area (Å²) in [6, 6.07) is 6.60. The molecule has 0 bridgehead atoms. The largest absolute Gasteiger partial charge is 0.357 e. The summed E-state index contributed by atoms with van der Waals surface area (Å²) < 4.78 is 13.2. The minimum absolute atomic E-state index is 0.213. The van der Waals surface area contributed by atoms with Crippen LogP contribution >= 0.6 is 0 Å². The number of nitrogens with one attached hydrogen (secondary N) is 2. The van der Waals surface area contributed by atoms with Crippen LogP contribution in [0.4, 0.5) is 4.39 Å². The van der Waals surface area contributed by atoms with E-state index in [0.29, 0.717) is 12.5 Å². The average Bonchev–Trinajstić information content (AvgIpc) is 3.03. The van der Waals surface area contributed by atoms with E-state index >= 15 is 0 Å². The third kappa shape index (κ3) is 6.57. The first-order chi connectivity index (χ1) is 11.2. The molecule has 2 N–H and O–H groups in total. The Morgan fingerprint density at radius 1 is 1.30 bits per heavy atom. The van der Waals surface area contributed by atoms with Crippen molar-refractivity contribution in [3.8, 4) is 0 Å². The van der Waals surface area contributed by atoms with Crippen LogP contribution in [-0.2, 0) is 6.54 Å². The molecule has 1 unspecified atom stereocenters. The zero-order valence-electron chi connectivity index (χ0n) is 14.3. The zero-order valence-corrected chi connectivity index (χ0v) is 14.3. The quantitative estimate of drug-likeness (QED) is 0.599. The summed E-state index contributed by atoms with van der Waals surface area (Å²) in [4.78, 5) is 7.07. The van der Waals surface area contributed by atoms with Gasteiger partial charge in [0.15, 0.2) is 5.96 Å². The van der Waals surface area contributed by atoms with Gasteiger partial charge in [-0.25, -0.2) is 9.38 Å². The van der Waals surface area contributed by atoms with Crippen LogP contribution in [0.3, 0.4) is 0 Å². The average molecular weight is 320 g/mol. The summed E-state index contributed by atoms with van der Waals surface area (Å²) in [5.74, 6) is 1.16. The van der Waals surface area contributed by atoms with Gasteiger partial charge in [-0.3, -0.25) is 0 Å². The molecule has 1 aliphatic rings. The van der Waals surface area contributed by atoms with E-state index < -0.39 is 0 Å². The highest BCUT2D eigenvalue weighted by Gasteiger charge is 2.14. The Hall–Kier alpha value is -1.62. The van der Waals surface area contributed by atoms with Gasteiger partial charge < -0.3 is 15.5 Å². The maximum absolute atomic E-state index is 13.2. The van der Waals surface area contributed by atoms with Crippen molar-refractivity contribution in [3.63, 3.8) is 0 Å². The lowest BCUT2D eigenvalue weighted by atomic mass is 10.1. The lowest BCUT2D eigenvalue weighted by Crippen LogP contribution is -2.41. The molecule has 1 aromatic carbocycles. The van der Waals surface area contributed by atoms with E-state index in [4.69, 9.17) is 0 Å². The highest BCUT2D eigenvalue weighted by molar-refractivity contribution is 5.79. The lowest BCUT2D eigenvalue weighted by molar-refractivity contribution is 0.287. The van der Waals surface area contributed by atoms with Crippen LogP contribution in [0.2, 0.25) is 0 Å². The Morgan fingerprint density at radius 3 is 2.78 bits per heavy atom. The monoisotopic (exact) mass is 320 g/mol. The highest BCUT2D eigenvalue weighted by atomic mass is 19.1. The van der Waals surface area contributed by atoms with Gasteiger partial charge in [-0.15, -0.1) is 0 Å². The van der Waals surface area contributed by atoms with Crippen LogP contribution in [0.25, 0.3) is 0 Å². The van der Waals surface area contributed by atoms with Crippen LogP contribution in [-0.4, -0.2) is 43.6 Å². The summed E-state index contributed by atoms with van der Waals surface area (Å²) in [5.41, 5.74) is 0.882. The first-order valence-corrected chi connectivity index (χ1v) is 8.66. The van der Waals surface area contributed by atoms with Crippen molar-refractivity contribution in [2.75, 3.05) is 32.7 Å². The normalized spacial score (nSPS) is 17.3. The van der Waals surface area contributed by atoms with Gasteiger partial charge in [0.2, 0.25) is 0 Å². The molecule has 0 amide bonds. The van der Waals surface area contributed by atoms with Crippen LogP contribution in [0.5, 0.6) is 0 Å². The number of benzene rings is 1. The molecule has 0 aromatic heterocycles. The first-order valence-electron chi connectivity index (χ1n) is 8.66. The molecule has 1 fully saturated rings. The fourth-order valence-electron chi connectivity index (χ4n) is 2.89. The molecule has 23 heavy (non-hydrogen) atoms. The Balaban J connectivity index is 1.81. The fourth-order valence-corrected chi connectivity index (χ4v) is 2.89. The Kier molecular flexibility index (Phi) is 7.33. The number of hydrogen-bond donors (Lipinski definition) is 2. The number of rotatable bonds is 7. The number of hydrogen-bond acceptors (Lipinski definition) is 2. The van der Waals surface area contributed by atoms with Gasteiger partial charge in [0.25, 0.3) is 0 Å². The van der Waals surface area contributed by atoms with Crippen molar-refractivity contribution >= 4 is 5.96 Å². The molecular formula is C18H29FN4. The number of aliphatic imine (C=N–C) groups is 1. The second-order valence-corrected chi connectivity index (χ2v) is 6.32. The molecule has 0 spiro atoms. The fraction of sp³-hybridized carbons (Fsp3) is 0.611. The third-order valence-corrected chi connectivity index (χ3v) is 4.04. The molecule has 0 saturated carbocycles. The first kappa shape index (κ1) is 17.7. The van der Waals surface area contributed by atoms with E-state index in [2.05, 4.69) is 27.4 Å². The van der Waals surface area contributed by atoms with Gasteiger partial charge in [0.05, 0.1) is 6.54 Å². The summed E-state index contributed by atoms with van der Waals surface area (Å²) in [6.07, 6.45) is 2.66. The van der Waals surface area contributed by atoms with Gasteiger partial charge in [-0.2, -0.15) is 0 Å². The van der Waals surface area contributed by atoms with Gasteiger partial charge in [-0.1, -0.05) is 19.1 Å². The van der Waals surface area contributed by atoms with Crippen LogP contribution in [0.1, 0.15) is 32.3 Å². The molecule has 1 heterocycles. The van der Waals surface area contributed by atoms with Crippen LogP contribution < -0.4 is 10.6 Å². The SMILES string of the molecule is CCNC(=NCc1cccc(F)c1)NCC(C)CN1CCCC1. The molecule has 0 aliphatic carbocycles. The van der Waals surface area contributed by atoms with Crippen molar-refractivity contribution in [3.05, 3.63) is 35.6 Å². The smallest absolute Gasteiger partial charge is 0.191 e. The number of nitrogens with zero attached hydrogens (tertiary/aromatic N) is 2. The van der Waals surface area contributed by atoms with Gasteiger partial charge >= 0.3 is 0 Å². The van der Waals surface area contributed by atoms with E-state index in [1.54, 1.807) is 6.07 Å². The molecular weight excluding hydrogens is 291 g/mol. The molecule has 2 rings (SSSR count). The summed E-state index contributed by atoms with van der Waals surface area (Å²) in [5, 5.41) is 6.65. The summed E-state index contributed by atoms with van der Waals surface area (Å²) >= 11 is 0. The molecule has 128 valence electrons. The van der Waals surface area contributed by atoms with E-state index in [-0.39, 0.29) is 5.82 Å². The molecule has 4 nitrogen and oxygen atoms in total. The Labute approximate surface area is 139 Å². The topological polar surface area (TPSA) is 39.7 Å². The van der Waals surface area contributed by atoms with Crippen LogP contribution in [0.15, 0.2) is 29.3 Å². The van der Waals surface area contributed by atoms with E-state index in [1.165, 1.54) is 38.1 Å². The predicted octanol–water partition coefficient (Wildman–Crippen LogP) is 2.61. The molecule has 1 aromatic rings. The van der Waals surface area contributed by atoms with E-state index in [9.17, 15) is 4.39 Å². The maximum atomic E-state index is 13.2. The van der Waals surface area contributed by atoms with Crippen molar-refractivity contribution in [2.45, 2.75) is 33.2 Å². The number of guanidine groups is 1. The van der Waals surface area contributed by atoms with Crippen molar-refractivity contribution in [2.24, 2.45) is 10.9 Å². The van der Waals surface area contributed by atoms with Crippen LogP contribution in [0, 0.1) is 11.7 Å². The minimum Gasteiger partial charge on any atom is -0.357 e. The number of halogens is 1. The van der Waals surface area contributed by atoms with Crippen molar-refractivity contribution < 1.29 is 4.39 Å². The van der Waals surface area contributed by atoms with E-state index in [0.717, 1.165) is 31.2 Å². The lowest BCUT2D eigenvalue weighted by Gasteiger charge is -2.21. The Morgan fingerprint density at radius 2 is 2.09 bits per heavy atom. The minimum atomic E-state index is -0.213. The molecule has 1 saturated heterocycles. The summed E-state index contributed by atoms with van der Waals surface area (Å²) in [6.45, 7) is 10.1. The van der Waals surface area contributed by atoms with Gasteiger partial charge in [0.1, 0.15) is 5.82 Å². The zero-order chi connectivity index (χ0) is 16.5. The Bertz CT molecular complexity index is 498. The number of likely N-dealkylation sites (tertiary alicyclic amines) is 1. The second kappa shape index (κ2) is 9.50. The van der Waals surface area contributed by atoms with Crippen molar-refractivity contribution in [1.29, 1.82) is 0 Å². The standard InChI is InChI=1S/C18H29FN4/c1-3-20-18(22-13-16-7-6-8-17(19)11-16)21-12-15(2)14-23-9-4-5-10-23/h6-8,11,15H,3-5,9-10,12-14H2,1-2H3,(H2,20,21,22). The molecule has 1 aliphatic heterocycles. The van der Waals surface area contributed by atoms with Crippen molar-refractivity contribution in [1.82, 2.24) is 15.5 Å². The highest BCUT2D eigenvalue weighted by Crippen LogP contribution is 2.09. The maximum Gasteiger partial charge on any atom is 0.191 e. The van der Waals surface area contributed by atoms with Gasteiger partial charge in [-0.05, 0) is 56.5 Å². The second-order valence-electron chi connectivity index (χ2n) is 6.32. The summed E-state index contributed by atoms with van der Waals surface area (Å²) in [7, 11) is 0. The van der Waals surface area contributed by atoms with Gasteiger partial charge in [0, 0.05) is 19.6 Å². The van der Waals surface area contributed by atoms with E-state index in [1.807, 2.05) is 13.0 Å².